The maximum atomic E-state index is 12.3. The summed E-state index contributed by atoms with van der Waals surface area (Å²) in [6.45, 7) is 3.75. The van der Waals surface area contributed by atoms with Crippen molar-refractivity contribution in [2.75, 3.05) is 91.6 Å². The molecule has 21 saturated heterocycles. The molecule has 28 rings (SSSR count). The van der Waals surface area contributed by atoms with Crippen molar-refractivity contribution in [2.45, 2.75) is 305 Å². The Morgan fingerprint density at radius 1 is 0.152 bits per heavy atom. The van der Waals surface area contributed by atoms with Gasteiger partial charge in [0.1, 0.15) is 171 Å². The molecule has 21 heterocycles. The Kier molecular flexibility index (Phi) is 26.4. The molecule has 14 bridgehead atoms. The lowest BCUT2D eigenvalue weighted by Crippen LogP contribution is -2.69. The van der Waals surface area contributed by atoms with Crippen LogP contribution in [-0.2, 0) is 66.3 Å². The maximum Gasteiger partial charge on any atom is 0.187 e. The lowest BCUT2D eigenvalue weighted by Gasteiger charge is -2.50. The smallest absolute Gasteiger partial charge is 0.187 e. The van der Waals surface area contributed by atoms with Crippen LogP contribution in [0.2, 0.25) is 0 Å². The van der Waals surface area contributed by atoms with E-state index in [4.69, 9.17) is 66.3 Å². The van der Waals surface area contributed by atoms with E-state index in [1.165, 1.54) is 0 Å². The van der Waals surface area contributed by atoms with Gasteiger partial charge in [-0.1, -0.05) is 0 Å². The number of aliphatic hydroxyl groups excluding tert-OH is 14. The number of ether oxygens (including phenoxy) is 14. The van der Waals surface area contributed by atoms with E-state index in [-0.39, 0.29) is 45.8 Å². The lowest BCUT2D eigenvalue weighted by atomic mass is 9.94. The molecule has 28 fully saturated rings. The molecule has 0 aromatic carbocycles. The molecule has 7 saturated carbocycles. The van der Waals surface area contributed by atoms with Crippen LogP contribution in [0.3, 0.4) is 0 Å². The predicted molar refractivity (Wildman–Crippen MR) is 358 cm³/mol. The van der Waals surface area contributed by atoms with Gasteiger partial charge in [0.25, 0.3) is 0 Å². The van der Waals surface area contributed by atoms with E-state index in [2.05, 4.69) is 37.2 Å². The first-order valence-corrected chi connectivity index (χ1v) is 39.4. The van der Waals surface area contributed by atoms with Crippen LogP contribution >= 0.6 is 0 Å². The van der Waals surface area contributed by atoms with Gasteiger partial charge < -0.3 is 175 Å². The fourth-order valence-electron chi connectivity index (χ4n) is 15.8. The fraction of sp³-hybridized carbons (Fsp3) is 1.00. The SMILES string of the molecule is O[C@@H]1[C@@H](O)[C@H]2O[C@H]3[C@H](O)[C@@H](O)[C@@H](O[C@H]4[C@H](O)[C@@H](O)[C@@H](O[C@H]5[C@H](O)[C@@H](O)[C@@H](O[C@H]6[C@H](O)[C@@H](O)[C@@H](O[C@H]7[C@H](O)[C@@H](O)[C@@H](O[C@H]8[C@H](O)[C@@H](O)[C@@H](O[C@@H]1[C@@H](CNCC1CC1)O2)O[C@@H]8CNCC1CC1)O[C@@H]7CNCC1CC1)O[C@@H]6CNCC1CC1)O[C@@H]5CNCC1CC1)O[C@@H]4CNCC1CC1)O[C@@H]3CNCC1CC1. The van der Waals surface area contributed by atoms with E-state index < -0.39 is 215 Å². The molecule has 0 unspecified atom stereocenters. The van der Waals surface area contributed by atoms with Gasteiger partial charge in [0.2, 0.25) is 0 Å². The Bertz CT molecular complexity index is 2210. The first-order chi connectivity index (χ1) is 50.8. The highest BCUT2D eigenvalue weighted by molar-refractivity contribution is 5.04. The second-order valence-corrected chi connectivity index (χ2v) is 33.1. The van der Waals surface area contributed by atoms with Crippen LogP contribution < -0.4 is 37.2 Å². The van der Waals surface area contributed by atoms with E-state index in [1.807, 2.05) is 0 Å². The quantitative estimate of drug-likeness (QED) is 0.0346. The van der Waals surface area contributed by atoms with E-state index in [1.54, 1.807) is 0 Å². The summed E-state index contributed by atoms with van der Waals surface area (Å²) in [4.78, 5) is 0. The van der Waals surface area contributed by atoms with Gasteiger partial charge in [0.05, 0.1) is 0 Å². The summed E-state index contributed by atoms with van der Waals surface area (Å²) < 4.78 is 91.3. The Morgan fingerprint density at radius 2 is 0.267 bits per heavy atom. The van der Waals surface area contributed by atoms with Gasteiger partial charge in [0.15, 0.2) is 44.0 Å². The molecule has 7 aliphatic carbocycles. The van der Waals surface area contributed by atoms with Gasteiger partial charge in [-0.25, -0.2) is 0 Å². The number of hydrogen-bond acceptors (Lipinski definition) is 35. The molecule has 0 radical (unpaired) electrons. The summed E-state index contributed by atoms with van der Waals surface area (Å²) in [7, 11) is 0. The fourth-order valence-corrected chi connectivity index (χ4v) is 15.8. The number of rotatable bonds is 28. The van der Waals surface area contributed by atoms with E-state index in [9.17, 15) is 71.5 Å². The topological polar surface area (TPSA) is 497 Å². The van der Waals surface area contributed by atoms with Crippen molar-refractivity contribution >= 4 is 0 Å². The number of hydrogen-bond donors (Lipinski definition) is 21. The van der Waals surface area contributed by atoms with Crippen molar-refractivity contribution in [1.29, 1.82) is 0 Å². The maximum absolute atomic E-state index is 12.3. The number of nitrogens with one attached hydrogen (secondary N) is 7. The second kappa shape index (κ2) is 35.1. The normalized spacial score (nSPS) is 48.8. The summed E-state index contributed by atoms with van der Waals surface area (Å²) in [5.74, 6) is 2.54. The molecule has 28 aliphatic rings. The second-order valence-electron chi connectivity index (χ2n) is 33.1. The van der Waals surface area contributed by atoms with Crippen LogP contribution in [0.25, 0.3) is 0 Å². The monoisotopic (exact) mass is 1510 g/mol. The highest BCUT2D eigenvalue weighted by Crippen LogP contribution is 2.41. The average Bonchev–Trinajstić information content (AvgIpc) is 1.73. The summed E-state index contributed by atoms with van der Waals surface area (Å²) in [6.07, 6.45) is -44.3. The molecule has 0 aromatic rings. The van der Waals surface area contributed by atoms with Crippen molar-refractivity contribution in [1.82, 2.24) is 37.2 Å². The zero-order chi connectivity index (χ0) is 72.9. The molecular formula is C70H119N7O28. The summed E-state index contributed by atoms with van der Waals surface area (Å²) >= 11 is 0. The van der Waals surface area contributed by atoms with Crippen molar-refractivity contribution in [3.63, 3.8) is 0 Å². The molecule has 21 aliphatic heterocycles. The predicted octanol–water partition coefficient (Wildman–Crippen LogP) is -8.18. The third kappa shape index (κ3) is 19.7. The zero-order valence-electron chi connectivity index (χ0n) is 59.5. The van der Waals surface area contributed by atoms with Crippen molar-refractivity contribution in [3.05, 3.63) is 0 Å². The zero-order valence-corrected chi connectivity index (χ0v) is 59.5. The molecule has 0 amide bonds. The Morgan fingerprint density at radius 3 is 0.371 bits per heavy atom. The molecule has 0 aromatic heterocycles. The van der Waals surface area contributed by atoms with Gasteiger partial charge in [-0.15, -0.1) is 0 Å². The lowest BCUT2D eigenvalue weighted by molar-refractivity contribution is -0.392. The Hall–Kier alpha value is -1.40. The minimum atomic E-state index is -1.96. The summed E-state index contributed by atoms with van der Waals surface area (Å²) in [5.41, 5.74) is 0. The Balaban J connectivity index is 0.748. The van der Waals surface area contributed by atoms with E-state index in [0.29, 0.717) is 87.2 Å². The van der Waals surface area contributed by atoms with Crippen molar-refractivity contribution in [2.24, 2.45) is 41.4 Å². The standard InChI is InChI=1S/C70H119N7O28/c78-43-50(85)64-92-36(22-71-15-29-1-2-29)57(43)99-65-51(86)44(79)59(38(93-65)24-73-17-31-5-6-31)101-67-53(88)46(81)61(40(95-67)26-75-19-33-9-10-33)103-69-55(90)48(83)63(42(97-69)28-77-21-35-13-14-35)105-70-56(91)49(84)62(41(98-70)27-76-20-34-11-12-34)104-68-54(89)47(82)60(39(96-68)25-74-18-32-7-8-32)102-66-52(87)45(80)58(100-64)37(94-66)23-72-16-30-3-4-30/h29-91H,1-28H2/t36-,37-,38-,39-,40-,41-,42-,43-,44-,45-,46-,47-,48-,49-,50-,51-,52-,53-,54-,55-,56-,57-,58-,59-,60-,61-,62-,63-,64-,65-,66-,67-,68-,69-,70-/m1/s1. The molecule has 21 N–H and O–H groups in total. The molecule has 602 valence electrons. The minimum absolute atomic E-state index is 0.0150. The average molecular weight is 1510 g/mol. The van der Waals surface area contributed by atoms with Crippen LogP contribution in [0.1, 0.15) is 89.9 Å². The molecule has 0 spiro atoms. The van der Waals surface area contributed by atoms with Gasteiger partial charge in [0, 0.05) is 45.8 Å². The van der Waals surface area contributed by atoms with E-state index in [0.717, 1.165) is 89.9 Å². The van der Waals surface area contributed by atoms with Gasteiger partial charge in [-0.2, -0.15) is 0 Å². The minimum Gasteiger partial charge on any atom is -0.387 e. The van der Waals surface area contributed by atoms with Crippen molar-refractivity contribution in [3.8, 4) is 0 Å². The van der Waals surface area contributed by atoms with Crippen molar-refractivity contribution < 1.29 is 138 Å². The molecule has 35 heteroatoms. The summed E-state index contributed by atoms with van der Waals surface area (Å²) in [6, 6.07) is 0. The molecule has 105 heavy (non-hydrogen) atoms. The van der Waals surface area contributed by atoms with Gasteiger partial charge >= 0.3 is 0 Å². The third-order valence-electron chi connectivity index (χ3n) is 23.9. The highest BCUT2D eigenvalue weighted by atomic mass is 16.8. The molecular weight excluding hydrogens is 1390 g/mol. The molecule has 35 nitrogen and oxygen atoms in total. The third-order valence-corrected chi connectivity index (χ3v) is 23.9. The van der Waals surface area contributed by atoms with Gasteiger partial charge in [-0.05, 0) is 177 Å². The number of aliphatic hydroxyl groups is 14. The Labute approximate surface area is 610 Å². The van der Waals surface area contributed by atoms with E-state index >= 15 is 0 Å². The summed E-state index contributed by atoms with van der Waals surface area (Å²) in [5, 5.41) is 195. The van der Waals surface area contributed by atoms with Crippen LogP contribution in [0.4, 0.5) is 0 Å². The van der Waals surface area contributed by atoms with Crippen LogP contribution in [0.5, 0.6) is 0 Å². The first kappa shape index (κ1) is 78.9. The first-order valence-electron chi connectivity index (χ1n) is 39.4. The van der Waals surface area contributed by atoms with Crippen LogP contribution in [0, 0.1) is 41.4 Å². The highest BCUT2D eigenvalue weighted by Gasteiger charge is 2.60. The largest absolute Gasteiger partial charge is 0.387 e. The van der Waals surface area contributed by atoms with Crippen LogP contribution in [0.15, 0.2) is 0 Å². The van der Waals surface area contributed by atoms with Gasteiger partial charge in [-0.3, -0.25) is 0 Å². The molecule has 35 atom stereocenters. The van der Waals surface area contributed by atoms with Crippen LogP contribution in [-0.4, -0.2) is 378 Å².